The zero-order valence-corrected chi connectivity index (χ0v) is 67.4. The van der Waals surface area contributed by atoms with Gasteiger partial charge in [-0.25, -0.2) is 0 Å². The number of rotatable bonds is 0. The van der Waals surface area contributed by atoms with Gasteiger partial charge >= 0.3 is 0 Å². The van der Waals surface area contributed by atoms with Crippen LogP contribution in [-0.4, -0.2) is 4.57 Å². The largest absolute Gasteiger partial charge is 0.344 e. The van der Waals surface area contributed by atoms with E-state index in [2.05, 4.69) is 277 Å². The number of fused-ring (bicyclic) bond motifs is 15. The Kier molecular flexibility index (Phi) is 48.5. The van der Waals surface area contributed by atoms with Crippen molar-refractivity contribution in [2.24, 2.45) is 7.05 Å². The van der Waals surface area contributed by atoms with Crippen LogP contribution in [0.4, 0.5) is 0 Å². The van der Waals surface area contributed by atoms with Crippen LogP contribution in [0, 0.1) is 34.6 Å². The standard InChI is InChI=1S/4C14H12.C13H11N.C7H8.11C2H6/c1-10-5-4-7-12-9-11-6-2-3-8-13(11)14(10)12;1-10-5-4-8-13-12-7-3-2-6-11(12)9-14(10)13;1-10-6-7-14-12(8-10)9-11-4-2-3-5-13(11)14;1-10-6-7-12-9-11-4-2-3-5-13(11)14(12)8-10;1-14-12-8-4-2-6-10(12)11-7-3-5-9-13(11)14;1-7-5-3-2-4-6-7;11*1-2/h4*2-8H,9H2,1H3;2-9H,1H3;2-6H,1H3;11*1-2H3. The second-order valence-corrected chi connectivity index (χ2v) is 21.1. The number of hydrogen-bond donors (Lipinski definition) is 0. The van der Waals surface area contributed by atoms with Crippen LogP contribution >= 0.6 is 0 Å². The lowest BCUT2D eigenvalue weighted by Gasteiger charge is -2.03. The lowest BCUT2D eigenvalue weighted by Crippen LogP contribution is -1.84. The number of hydrogen-bond acceptors (Lipinski definition) is 0. The molecule has 0 bridgehead atoms. The lowest BCUT2D eigenvalue weighted by molar-refractivity contribution is 1.01. The molecule has 99 heavy (non-hydrogen) atoms. The number of para-hydroxylation sites is 2. The van der Waals surface area contributed by atoms with Crippen molar-refractivity contribution in [2.75, 3.05) is 0 Å². The fourth-order valence-electron chi connectivity index (χ4n) is 11.9. The van der Waals surface area contributed by atoms with Crippen LogP contribution in [0.5, 0.6) is 0 Å². The molecule has 0 fully saturated rings. The quantitative estimate of drug-likeness (QED) is 0.143. The molecule has 1 nitrogen and oxygen atoms in total. The van der Waals surface area contributed by atoms with Crippen molar-refractivity contribution in [1.82, 2.24) is 4.57 Å². The first-order chi connectivity index (χ1) is 48.7. The van der Waals surface area contributed by atoms with E-state index in [0.717, 1.165) is 25.7 Å². The highest BCUT2D eigenvalue weighted by atomic mass is 14.9. The summed E-state index contributed by atoms with van der Waals surface area (Å²) >= 11 is 0. The maximum absolute atomic E-state index is 2.30. The topological polar surface area (TPSA) is 4.93 Å². The van der Waals surface area contributed by atoms with Crippen molar-refractivity contribution in [1.29, 1.82) is 0 Å². The van der Waals surface area contributed by atoms with E-state index in [4.69, 9.17) is 0 Å². The van der Waals surface area contributed by atoms with Gasteiger partial charge in [0.05, 0.1) is 0 Å². The van der Waals surface area contributed by atoms with E-state index < -0.39 is 0 Å². The molecule has 0 spiro atoms. The monoisotopic (exact) mass is 1320 g/mol. The third-order valence-corrected chi connectivity index (χ3v) is 15.8. The first kappa shape index (κ1) is 90.2. The number of benzene rings is 11. The molecule has 0 saturated heterocycles. The van der Waals surface area contributed by atoms with Crippen molar-refractivity contribution in [3.63, 3.8) is 0 Å². The zero-order valence-electron chi connectivity index (χ0n) is 67.4. The Balaban J connectivity index is 0.00000111. The molecule has 12 aromatic rings. The van der Waals surface area contributed by atoms with Crippen LogP contribution in [0.25, 0.3) is 66.3 Å². The van der Waals surface area contributed by atoms with Gasteiger partial charge in [-0.1, -0.05) is 406 Å². The fourth-order valence-corrected chi connectivity index (χ4v) is 11.9. The van der Waals surface area contributed by atoms with Crippen molar-refractivity contribution >= 4 is 21.8 Å². The Morgan fingerprint density at radius 2 is 0.535 bits per heavy atom. The predicted octanol–water partition coefficient (Wildman–Crippen LogP) is 30.9. The average molecular weight is 1330 g/mol. The van der Waals surface area contributed by atoms with Crippen LogP contribution in [0.1, 0.15) is 225 Å². The van der Waals surface area contributed by atoms with E-state index >= 15 is 0 Å². The first-order valence-corrected chi connectivity index (χ1v) is 38.3. The summed E-state index contributed by atoms with van der Waals surface area (Å²) in [5.74, 6) is 0. The van der Waals surface area contributed by atoms with Crippen LogP contribution < -0.4 is 0 Å². The van der Waals surface area contributed by atoms with E-state index in [-0.39, 0.29) is 0 Å². The van der Waals surface area contributed by atoms with E-state index in [1.54, 1.807) is 0 Å². The van der Waals surface area contributed by atoms with E-state index in [0.29, 0.717) is 0 Å². The molecular formula is C98H133N. The van der Waals surface area contributed by atoms with Crippen LogP contribution in [-0.2, 0) is 32.7 Å². The van der Waals surface area contributed by atoms with Crippen LogP contribution in [0.3, 0.4) is 0 Å². The maximum atomic E-state index is 2.30. The third kappa shape index (κ3) is 25.5. The summed E-state index contributed by atoms with van der Waals surface area (Å²) in [6.07, 6.45) is 4.42. The molecule has 1 heterocycles. The highest BCUT2D eigenvalue weighted by Gasteiger charge is 2.21. The molecule has 0 N–H and O–H groups in total. The summed E-state index contributed by atoms with van der Waals surface area (Å²) < 4.78 is 2.24. The molecule has 1 aromatic heterocycles. The number of nitrogens with zero attached hydrogens (tertiary/aromatic N) is 1. The number of aromatic nitrogens is 1. The molecule has 0 saturated carbocycles. The number of aryl methyl sites for hydroxylation is 6. The van der Waals surface area contributed by atoms with Gasteiger partial charge in [0.15, 0.2) is 0 Å². The predicted molar refractivity (Wildman–Crippen MR) is 454 cm³/mol. The smallest absolute Gasteiger partial charge is 0.0488 e. The molecule has 0 amide bonds. The lowest BCUT2D eigenvalue weighted by atomic mass is 10.0. The SMILES string of the molecule is CC.CC.CC.CC.CC.CC.CC.CC.CC.CC.CC.Cc1ccc2c(c1)-c1ccccc1C2.Cc1ccc2c(c1)Cc1ccccc1-2.Cc1cccc2c1-c1ccccc1C2.Cc1cccc2c1Cc1ccccc1-2.Cc1ccccc1.Cn1c2ccccc2c2ccccc21. The summed E-state index contributed by atoms with van der Waals surface area (Å²) in [5.41, 5.74) is 32.7. The Bertz CT molecular complexity index is 3990. The third-order valence-electron chi connectivity index (χ3n) is 15.8. The van der Waals surface area contributed by atoms with Gasteiger partial charge in [-0.05, 0) is 173 Å². The second-order valence-electron chi connectivity index (χ2n) is 21.1. The highest BCUT2D eigenvalue weighted by Crippen LogP contribution is 2.41. The molecular weight excluding hydrogens is 1190 g/mol. The Morgan fingerprint density at radius 3 is 1.03 bits per heavy atom. The molecule has 0 aliphatic heterocycles. The molecule has 0 atom stereocenters. The van der Waals surface area contributed by atoms with E-state index in [1.807, 2.05) is 171 Å². The normalized spacial score (nSPS) is 9.86. The maximum Gasteiger partial charge on any atom is 0.0488 e. The molecule has 4 aliphatic carbocycles. The molecule has 4 aliphatic rings. The average Bonchev–Trinajstić information content (AvgIpc) is 1.72. The summed E-state index contributed by atoms with van der Waals surface area (Å²) in [6, 6.07) is 88.7. The van der Waals surface area contributed by atoms with Gasteiger partial charge in [0.1, 0.15) is 0 Å². The van der Waals surface area contributed by atoms with Gasteiger partial charge in [0, 0.05) is 28.9 Å². The van der Waals surface area contributed by atoms with Crippen molar-refractivity contribution in [3.8, 4) is 44.5 Å². The summed E-state index contributed by atoms with van der Waals surface area (Å²) in [7, 11) is 2.12. The summed E-state index contributed by atoms with van der Waals surface area (Å²) in [5, 5.41) is 2.68. The van der Waals surface area contributed by atoms with E-state index in [9.17, 15) is 0 Å². The van der Waals surface area contributed by atoms with Crippen LogP contribution in [0.15, 0.2) is 249 Å². The zero-order chi connectivity index (χ0) is 74.8. The van der Waals surface area contributed by atoms with Gasteiger partial charge in [0.25, 0.3) is 0 Å². The minimum absolute atomic E-state index is 1.10. The van der Waals surface area contributed by atoms with Crippen molar-refractivity contribution in [2.45, 2.75) is 213 Å². The van der Waals surface area contributed by atoms with Gasteiger partial charge in [0.2, 0.25) is 0 Å². The van der Waals surface area contributed by atoms with Gasteiger partial charge in [-0.3, -0.25) is 0 Å². The van der Waals surface area contributed by atoms with Gasteiger partial charge in [-0.2, -0.15) is 0 Å². The molecule has 1 heteroatoms. The molecule has 11 aromatic carbocycles. The molecule has 530 valence electrons. The Hall–Kier alpha value is -8.78. The fraction of sp³-hybridized carbons (Fsp3) is 0.327. The minimum Gasteiger partial charge on any atom is -0.344 e. The highest BCUT2D eigenvalue weighted by molar-refractivity contribution is 6.07. The molecule has 0 unspecified atom stereocenters. The second kappa shape index (κ2) is 53.2. The van der Waals surface area contributed by atoms with Crippen LogP contribution in [0.2, 0.25) is 0 Å². The molecule has 0 radical (unpaired) electrons. The summed E-state index contributed by atoms with van der Waals surface area (Å²) in [4.78, 5) is 0. The first-order valence-electron chi connectivity index (χ1n) is 38.3. The van der Waals surface area contributed by atoms with E-state index in [1.165, 1.54) is 139 Å². The van der Waals surface area contributed by atoms with Crippen molar-refractivity contribution in [3.05, 3.63) is 321 Å². The summed E-state index contributed by atoms with van der Waals surface area (Å²) in [6.45, 7) is 54.8. The Labute approximate surface area is 607 Å². The van der Waals surface area contributed by atoms with Gasteiger partial charge < -0.3 is 4.57 Å². The Morgan fingerprint density at radius 1 is 0.212 bits per heavy atom. The minimum atomic E-state index is 1.10. The van der Waals surface area contributed by atoms with Gasteiger partial charge in [-0.15, -0.1) is 0 Å². The molecule has 16 rings (SSSR count). The van der Waals surface area contributed by atoms with Crippen molar-refractivity contribution < 1.29 is 0 Å².